The number of H-pyrrole nitrogens is 2. The van der Waals surface area contributed by atoms with Crippen molar-refractivity contribution < 1.29 is 90.4 Å². The number of aliphatic hydroxyl groups is 2. The number of carbonyl (C=O) groups excluding carboxylic acids is 13. The molecule has 0 spiro atoms. The number of nitrogens with two attached hydrogens (primary N) is 2. The summed E-state index contributed by atoms with van der Waals surface area (Å²) in [7, 11) is -3.91. The molecule has 2 aromatic heterocycles. The van der Waals surface area contributed by atoms with Crippen molar-refractivity contribution in [2.24, 2.45) is 23.3 Å². The van der Waals surface area contributed by atoms with Crippen molar-refractivity contribution >= 4 is 103 Å². The lowest BCUT2D eigenvalue weighted by molar-refractivity contribution is -0.142. The predicted octanol–water partition coefficient (Wildman–Crippen LogP) is 2.48. The Kier molecular flexibility index (Phi) is 43.2. The van der Waals surface area contributed by atoms with Crippen LogP contribution in [0.4, 0.5) is 0 Å². The van der Waals surface area contributed by atoms with Gasteiger partial charge in [-0.15, -0.1) is 0 Å². The molecule has 10 amide bonds. The number of guanidine groups is 1. The Morgan fingerprint density at radius 1 is 0.695 bits per heavy atom. The Hall–Kier alpha value is -10.0. The van der Waals surface area contributed by atoms with Crippen molar-refractivity contribution in [3.63, 3.8) is 0 Å². The van der Waals surface area contributed by atoms with Gasteiger partial charge in [0.15, 0.2) is 17.5 Å². The van der Waals surface area contributed by atoms with Crippen molar-refractivity contribution in [1.82, 2.24) is 67.1 Å². The van der Waals surface area contributed by atoms with E-state index in [2.05, 4.69) is 69.1 Å². The zero-order valence-electron chi connectivity index (χ0n) is 68.1. The summed E-state index contributed by atoms with van der Waals surface area (Å²) in [6, 6.07) is 6.25. The maximum absolute atomic E-state index is 15.3. The van der Waals surface area contributed by atoms with Gasteiger partial charge in [-0.3, -0.25) is 72.5 Å². The van der Waals surface area contributed by atoms with Crippen LogP contribution < -0.4 is 58.7 Å². The van der Waals surface area contributed by atoms with E-state index in [9.17, 15) is 66.6 Å². The lowest BCUT2D eigenvalue weighted by Gasteiger charge is -2.31. The molecule has 0 unspecified atom stereocenters. The second-order valence-corrected chi connectivity index (χ2v) is 32.3. The summed E-state index contributed by atoms with van der Waals surface area (Å²) in [5.41, 5.74) is 13.8. The van der Waals surface area contributed by atoms with Crippen molar-refractivity contribution in [2.45, 2.75) is 255 Å². The van der Waals surface area contributed by atoms with Crippen LogP contribution in [0.5, 0.6) is 0 Å². The molecule has 4 heterocycles. The van der Waals surface area contributed by atoms with Crippen LogP contribution in [0.1, 0.15) is 204 Å². The number of imidazole rings is 1. The van der Waals surface area contributed by atoms with Crippen LogP contribution in [0, 0.1) is 17.2 Å². The van der Waals surface area contributed by atoms with E-state index < -0.39 is 179 Å². The predicted molar refractivity (Wildman–Crippen MR) is 438 cm³/mol. The number of benzene rings is 2. The van der Waals surface area contributed by atoms with Crippen LogP contribution in [0.3, 0.4) is 0 Å². The molecule has 118 heavy (non-hydrogen) atoms. The molecule has 2 aliphatic heterocycles. The molecule has 0 aliphatic carbocycles. The van der Waals surface area contributed by atoms with Gasteiger partial charge < -0.3 is 88.6 Å². The third-order valence-electron chi connectivity index (χ3n) is 20.8. The number of hydrogen-bond donors (Lipinski definition) is 16. The number of amides is 10. The summed E-state index contributed by atoms with van der Waals surface area (Å²) >= 11 is 0. The molecular formula is C82H124N16O19S. The summed E-state index contributed by atoms with van der Waals surface area (Å²) in [4.78, 5) is 194. The molecule has 0 saturated carbocycles. The fourth-order valence-electron chi connectivity index (χ4n) is 14.3. The molecule has 18 N–H and O–H groups in total. The second kappa shape index (κ2) is 52.7. The Bertz CT molecular complexity index is 4020. The fourth-order valence-corrected chi connectivity index (χ4v) is 15.3. The molecule has 2 aromatic carbocycles. The highest BCUT2D eigenvalue weighted by atomic mass is 32.2. The lowest BCUT2D eigenvalue weighted by atomic mass is 9.90. The van der Waals surface area contributed by atoms with Gasteiger partial charge >= 0.3 is 0 Å². The van der Waals surface area contributed by atoms with Crippen molar-refractivity contribution in [3.05, 3.63) is 90.1 Å². The molecule has 0 radical (unpaired) electrons. The average Bonchev–Trinajstić information content (AvgIpc) is 1.65. The number of aromatic nitrogens is 3. The number of aromatic amines is 2. The monoisotopic (exact) mass is 1670 g/mol. The largest absolute Gasteiger partial charge is 0.396 e. The van der Waals surface area contributed by atoms with Gasteiger partial charge in [0.1, 0.15) is 42.6 Å². The van der Waals surface area contributed by atoms with Gasteiger partial charge in [-0.05, 0) is 75.0 Å². The third kappa shape index (κ3) is 35.6. The smallest absolute Gasteiger partial charge is 0.246 e. The number of ether oxygens (including phenoxy) is 2. The molecule has 4 aromatic rings. The first-order valence-electron chi connectivity index (χ1n) is 41.5. The first-order chi connectivity index (χ1) is 56.7. The molecule has 2 fully saturated rings. The highest BCUT2D eigenvalue weighted by Gasteiger charge is 2.44. The molecular weight excluding hydrogens is 1550 g/mol. The molecule has 6 rings (SSSR count). The van der Waals surface area contributed by atoms with Gasteiger partial charge in [0, 0.05) is 107 Å². The van der Waals surface area contributed by atoms with Crippen LogP contribution in [-0.4, -0.2) is 228 Å². The summed E-state index contributed by atoms with van der Waals surface area (Å²) < 4.78 is 38.0. The van der Waals surface area contributed by atoms with Gasteiger partial charge in [-0.1, -0.05) is 139 Å². The van der Waals surface area contributed by atoms with Gasteiger partial charge in [-0.25, -0.2) is 13.4 Å². The van der Waals surface area contributed by atoms with Crippen LogP contribution in [-0.2, 0) is 101 Å². The number of fused-ring (bicyclic) bond motifs is 2. The van der Waals surface area contributed by atoms with Gasteiger partial charge in [0.25, 0.3) is 0 Å². The number of hydrogen-bond acceptors (Lipinski definition) is 21. The number of rotatable bonds is 46. The molecule has 2 aliphatic rings. The summed E-state index contributed by atoms with van der Waals surface area (Å²) in [6.07, 6.45) is 12.0. The number of primary amides is 1. The minimum Gasteiger partial charge on any atom is -0.396 e. The van der Waals surface area contributed by atoms with E-state index in [1.165, 1.54) is 38.2 Å². The van der Waals surface area contributed by atoms with E-state index in [4.69, 9.17) is 26.4 Å². The number of aliphatic hydroxyl groups excluding tert-OH is 2. The standard InChI is InChI=1S/C82H124N16O19S/c1-3-5-7-8-9-10-11-12-19-32-73(105)97-118(114,115)41-23-33-72(104)87-37-38-116-39-40-117-52-74(106)91-67(46-58-49-86-53-90-58)70(102)45-57(51-99)77(109)94-64(28-6-4-2)78(110)95-66-35-34-59(100)26-17-14-18-30-63(75(83)107)92-80(112)68(43-56-48-89-62-29-21-20-27-61(56)62)96-79(111)65(31-22-36-88-82(84)85)93-76(108)55(42-54-24-15-13-16-25-54)44-71(103)69-47-60(101)50-98(69)81(66)113/h13,15-16,20-21,24-25,27,29,48-49,53,55,57,60,63-69,89,99,101H,3-12,14,17-19,22-23,26,28,30-47,50-52H2,1-2H3,(H2,83,107)(H,86,90)(H,87,104)(H,91,106)(H,92,112)(H,93,108)(H,94,109)(H,95,110)(H,96,111)(H,97,105)(H4,84,85,88)/t55-,57-,60+,63-,64-,65-,66-,67-,68-,69-/m0/s1. The Morgan fingerprint density at radius 2 is 1.39 bits per heavy atom. The van der Waals surface area contributed by atoms with Crippen molar-refractivity contribution in [2.75, 3.05) is 58.4 Å². The number of ketones is 3. The van der Waals surface area contributed by atoms with E-state index in [1.54, 1.807) is 42.6 Å². The van der Waals surface area contributed by atoms with Gasteiger partial charge in [-0.2, -0.15) is 0 Å². The van der Waals surface area contributed by atoms with Crippen LogP contribution in [0.15, 0.2) is 73.3 Å². The SMILES string of the molecule is CCCCCCCCCCCC(=O)NS(=O)(=O)CCCC(=O)NCCOCCOCC(=O)N[C@@H](Cc1c[nH]cn1)C(=O)C[C@@H](CO)C(=O)N[C@@H](CCCC)C(=O)N[C@H]1CCC(=O)CCCCC[C@@H](C(N)=O)NC(=O)[C@H](Cc2c[nH]c3ccccc23)NC(=O)[C@H](CCCNC(=N)N)NC(=O)[C@@H](Cc2ccccc2)CC(=O)[C@@H]2C[C@@H](O)CN2C1=O. The number of para-hydroxylation sites is 1. The van der Waals surface area contributed by atoms with Gasteiger partial charge in [0.2, 0.25) is 69.1 Å². The number of nitrogens with zero attached hydrogens (tertiary/aromatic N) is 2. The second-order valence-electron chi connectivity index (χ2n) is 30.5. The first-order valence-corrected chi connectivity index (χ1v) is 43.2. The highest BCUT2D eigenvalue weighted by Crippen LogP contribution is 2.27. The van der Waals surface area contributed by atoms with Crippen LogP contribution >= 0.6 is 0 Å². The Balaban J connectivity index is 1.10. The fraction of sp³-hybridized carbons (Fsp3) is 0.622. The number of carbonyl (C=O) groups is 13. The van der Waals surface area contributed by atoms with E-state index >= 15 is 14.4 Å². The molecule has 0 bridgehead atoms. The van der Waals surface area contributed by atoms with E-state index in [0.29, 0.717) is 42.5 Å². The first kappa shape index (κ1) is 96.8. The summed E-state index contributed by atoms with van der Waals surface area (Å²) in [5, 5.41) is 52.2. The number of sulfonamides is 1. The maximum Gasteiger partial charge on any atom is 0.246 e. The van der Waals surface area contributed by atoms with Crippen LogP contribution in [0.25, 0.3) is 10.9 Å². The summed E-state index contributed by atoms with van der Waals surface area (Å²) in [5.74, 6) is -12.9. The number of nitrogens with one attached hydrogen (secondary N) is 12. The van der Waals surface area contributed by atoms with E-state index in [0.717, 1.165) is 41.5 Å². The zero-order valence-corrected chi connectivity index (χ0v) is 68.9. The summed E-state index contributed by atoms with van der Waals surface area (Å²) in [6.45, 7) is 2.23. The molecule has 652 valence electrons. The molecule has 10 atom stereocenters. The Morgan fingerprint density at radius 3 is 2.10 bits per heavy atom. The zero-order chi connectivity index (χ0) is 85.8. The minimum atomic E-state index is -3.91. The molecule has 2 saturated heterocycles. The quantitative estimate of drug-likeness (QED) is 0.0172. The normalized spacial score (nSPS) is 19.7. The third-order valence-corrected chi connectivity index (χ3v) is 22.2. The van der Waals surface area contributed by atoms with E-state index in [-0.39, 0.29) is 147 Å². The van der Waals surface area contributed by atoms with Crippen molar-refractivity contribution in [1.29, 1.82) is 5.41 Å². The van der Waals surface area contributed by atoms with Gasteiger partial charge in [0.05, 0.1) is 68.3 Å². The molecule has 36 heteroatoms. The lowest BCUT2D eigenvalue weighted by Crippen LogP contribution is -2.57. The highest BCUT2D eigenvalue weighted by molar-refractivity contribution is 7.90. The Labute approximate surface area is 689 Å². The van der Waals surface area contributed by atoms with E-state index in [1.807, 2.05) is 25.1 Å². The topological polar surface area (TPSA) is 547 Å². The maximum atomic E-state index is 15.3. The minimum absolute atomic E-state index is 0.0125. The average molecular weight is 1670 g/mol. The molecule has 35 nitrogen and oxygen atoms in total. The number of Topliss-reactive ketones (excluding diaryl/α,β-unsaturated/α-hetero) is 3. The number of unbranched alkanes of at least 4 members (excludes halogenated alkanes) is 9. The van der Waals surface area contributed by atoms with Crippen molar-refractivity contribution in [3.8, 4) is 0 Å². The van der Waals surface area contributed by atoms with Crippen LogP contribution in [0.2, 0.25) is 0 Å².